The van der Waals surface area contributed by atoms with E-state index in [1.807, 2.05) is 24.0 Å². The quantitative estimate of drug-likeness (QED) is 0.913. The highest BCUT2D eigenvalue weighted by Gasteiger charge is 2.26. The van der Waals surface area contributed by atoms with Crippen LogP contribution >= 0.6 is 0 Å². The predicted octanol–water partition coefficient (Wildman–Crippen LogP) is 2.34. The van der Waals surface area contributed by atoms with Gasteiger partial charge >= 0.3 is 0 Å². The summed E-state index contributed by atoms with van der Waals surface area (Å²) in [5.41, 5.74) is 9.35. The summed E-state index contributed by atoms with van der Waals surface area (Å²) >= 11 is 0. The van der Waals surface area contributed by atoms with Gasteiger partial charge in [0.05, 0.1) is 5.69 Å². The number of rotatable bonds is 4. The molecular weight excluding hydrogens is 236 g/mol. The SMILES string of the molecule is Cc1cc(CC(C)N)cnc1-n1ccc(C2CC2)n1. The molecule has 4 nitrogen and oxygen atoms in total. The summed E-state index contributed by atoms with van der Waals surface area (Å²) in [5.74, 6) is 1.60. The number of hydrogen-bond donors (Lipinski definition) is 1. The lowest BCUT2D eigenvalue weighted by atomic mass is 10.1. The number of hydrogen-bond acceptors (Lipinski definition) is 3. The summed E-state index contributed by atoms with van der Waals surface area (Å²) in [7, 11) is 0. The van der Waals surface area contributed by atoms with E-state index in [0.717, 1.165) is 17.8 Å². The Morgan fingerprint density at radius 2 is 2.26 bits per heavy atom. The molecule has 1 unspecified atom stereocenters. The number of nitrogens with zero attached hydrogens (tertiary/aromatic N) is 3. The van der Waals surface area contributed by atoms with Crippen LogP contribution in [0.3, 0.4) is 0 Å². The Hall–Kier alpha value is -1.68. The summed E-state index contributed by atoms with van der Waals surface area (Å²) in [6.07, 6.45) is 7.33. The fourth-order valence-electron chi connectivity index (χ4n) is 2.40. The van der Waals surface area contributed by atoms with Crippen molar-refractivity contribution in [2.45, 2.75) is 45.1 Å². The van der Waals surface area contributed by atoms with E-state index in [4.69, 9.17) is 5.73 Å². The van der Waals surface area contributed by atoms with Gasteiger partial charge in [0.2, 0.25) is 0 Å². The minimum Gasteiger partial charge on any atom is -0.328 e. The van der Waals surface area contributed by atoms with E-state index in [-0.39, 0.29) is 6.04 Å². The zero-order valence-corrected chi connectivity index (χ0v) is 11.5. The third-order valence-corrected chi connectivity index (χ3v) is 3.49. The van der Waals surface area contributed by atoms with Gasteiger partial charge in [-0.15, -0.1) is 0 Å². The monoisotopic (exact) mass is 256 g/mol. The van der Waals surface area contributed by atoms with E-state index in [0.29, 0.717) is 5.92 Å². The number of aryl methyl sites for hydroxylation is 1. The van der Waals surface area contributed by atoms with Crippen molar-refractivity contribution in [2.75, 3.05) is 0 Å². The molecule has 2 aromatic rings. The summed E-state index contributed by atoms with van der Waals surface area (Å²) in [4.78, 5) is 4.54. The highest BCUT2D eigenvalue weighted by Crippen LogP contribution is 2.39. The Balaban J connectivity index is 1.86. The Bertz CT molecular complexity index is 582. The molecule has 3 rings (SSSR count). The fraction of sp³-hybridized carbons (Fsp3) is 0.467. The molecule has 2 N–H and O–H groups in total. The molecule has 0 aromatic carbocycles. The largest absolute Gasteiger partial charge is 0.328 e. The predicted molar refractivity (Wildman–Crippen MR) is 75.4 cm³/mol. The van der Waals surface area contributed by atoms with Gasteiger partial charge in [0.15, 0.2) is 5.82 Å². The first-order valence-corrected chi connectivity index (χ1v) is 6.90. The summed E-state index contributed by atoms with van der Waals surface area (Å²) in [6, 6.07) is 4.43. The third kappa shape index (κ3) is 2.68. The van der Waals surface area contributed by atoms with E-state index in [9.17, 15) is 0 Å². The number of nitrogens with two attached hydrogens (primary N) is 1. The van der Waals surface area contributed by atoms with Crippen LogP contribution in [0.5, 0.6) is 0 Å². The molecule has 0 amide bonds. The van der Waals surface area contributed by atoms with Crippen molar-refractivity contribution < 1.29 is 0 Å². The van der Waals surface area contributed by atoms with Crippen molar-refractivity contribution >= 4 is 0 Å². The molecule has 0 spiro atoms. The lowest BCUT2D eigenvalue weighted by molar-refractivity contribution is 0.731. The van der Waals surface area contributed by atoms with E-state index in [1.54, 1.807) is 0 Å². The molecule has 2 aromatic heterocycles. The number of pyridine rings is 1. The summed E-state index contributed by atoms with van der Waals surface area (Å²) in [5, 5.41) is 4.62. The van der Waals surface area contributed by atoms with Crippen molar-refractivity contribution in [2.24, 2.45) is 5.73 Å². The maximum absolute atomic E-state index is 5.82. The van der Waals surface area contributed by atoms with E-state index in [1.165, 1.54) is 24.1 Å². The van der Waals surface area contributed by atoms with Crippen molar-refractivity contribution in [1.82, 2.24) is 14.8 Å². The average Bonchev–Trinajstić information content (AvgIpc) is 3.08. The van der Waals surface area contributed by atoms with Crippen molar-refractivity contribution in [1.29, 1.82) is 0 Å². The Morgan fingerprint density at radius 1 is 1.47 bits per heavy atom. The van der Waals surface area contributed by atoms with Crippen molar-refractivity contribution in [3.8, 4) is 5.82 Å². The normalized spacial score (nSPS) is 16.6. The Labute approximate surface area is 113 Å². The van der Waals surface area contributed by atoms with Crippen LogP contribution in [0.25, 0.3) is 5.82 Å². The van der Waals surface area contributed by atoms with Crippen LogP contribution in [0.1, 0.15) is 42.5 Å². The van der Waals surface area contributed by atoms with Gasteiger partial charge in [-0.2, -0.15) is 5.10 Å². The second-order valence-corrected chi connectivity index (χ2v) is 5.62. The highest BCUT2D eigenvalue weighted by molar-refractivity contribution is 5.35. The minimum absolute atomic E-state index is 0.165. The molecular formula is C15H20N4. The topological polar surface area (TPSA) is 56.7 Å². The first-order valence-electron chi connectivity index (χ1n) is 6.90. The number of aromatic nitrogens is 3. The second-order valence-electron chi connectivity index (χ2n) is 5.62. The zero-order chi connectivity index (χ0) is 13.4. The first kappa shape index (κ1) is 12.4. The van der Waals surface area contributed by atoms with E-state index >= 15 is 0 Å². The molecule has 0 bridgehead atoms. The first-order chi connectivity index (χ1) is 9.13. The molecule has 4 heteroatoms. The average molecular weight is 256 g/mol. The van der Waals surface area contributed by atoms with Crippen LogP contribution in [-0.2, 0) is 6.42 Å². The Kier molecular flexibility index (Phi) is 3.11. The molecule has 1 aliphatic carbocycles. The molecule has 19 heavy (non-hydrogen) atoms. The maximum atomic E-state index is 5.82. The smallest absolute Gasteiger partial charge is 0.156 e. The maximum Gasteiger partial charge on any atom is 0.156 e. The summed E-state index contributed by atoms with van der Waals surface area (Å²) < 4.78 is 1.89. The van der Waals surface area contributed by atoms with Gasteiger partial charge in [-0.3, -0.25) is 0 Å². The van der Waals surface area contributed by atoms with Gasteiger partial charge in [0, 0.05) is 24.4 Å². The van der Waals surface area contributed by atoms with Crippen molar-refractivity contribution in [3.63, 3.8) is 0 Å². The Morgan fingerprint density at radius 3 is 2.89 bits per heavy atom. The van der Waals surface area contributed by atoms with Crippen LogP contribution in [0.4, 0.5) is 0 Å². The van der Waals surface area contributed by atoms with E-state index in [2.05, 4.69) is 29.1 Å². The summed E-state index contributed by atoms with van der Waals surface area (Å²) in [6.45, 7) is 4.09. The van der Waals surface area contributed by atoms with Crippen LogP contribution in [0.2, 0.25) is 0 Å². The minimum atomic E-state index is 0.165. The third-order valence-electron chi connectivity index (χ3n) is 3.49. The molecule has 0 aliphatic heterocycles. The lowest BCUT2D eigenvalue weighted by Gasteiger charge is -2.09. The van der Waals surface area contributed by atoms with Gasteiger partial charge in [0.1, 0.15) is 0 Å². The fourth-order valence-corrected chi connectivity index (χ4v) is 2.40. The lowest BCUT2D eigenvalue weighted by Crippen LogP contribution is -2.18. The molecule has 0 radical (unpaired) electrons. The van der Waals surface area contributed by atoms with E-state index < -0.39 is 0 Å². The van der Waals surface area contributed by atoms with Gasteiger partial charge in [-0.05, 0) is 50.3 Å². The highest BCUT2D eigenvalue weighted by atomic mass is 15.3. The molecule has 1 atom stereocenters. The van der Waals surface area contributed by atoms with Gasteiger partial charge in [-0.1, -0.05) is 6.07 Å². The molecule has 1 fully saturated rings. The van der Waals surface area contributed by atoms with Gasteiger partial charge < -0.3 is 5.73 Å². The zero-order valence-electron chi connectivity index (χ0n) is 11.5. The molecule has 100 valence electrons. The van der Waals surface area contributed by atoms with Gasteiger partial charge in [0.25, 0.3) is 0 Å². The van der Waals surface area contributed by atoms with Crippen LogP contribution < -0.4 is 5.73 Å². The van der Waals surface area contributed by atoms with Gasteiger partial charge in [-0.25, -0.2) is 9.67 Å². The molecule has 0 saturated heterocycles. The second kappa shape index (κ2) is 4.78. The molecule has 1 saturated carbocycles. The molecule has 1 aliphatic rings. The van der Waals surface area contributed by atoms with Crippen LogP contribution in [0, 0.1) is 6.92 Å². The molecule has 2 heterocycles. The van der Waals surface area contributed by atoms with Crippen LogP contribution in [-0.4, -0.2) is 20.8 Å². The van der Waals surface area contributed by atoms with Crippen LogP contribution in [0.15, 0.2) is 24.5 Å². The van der Waals surface area contributed by atoms with Crippen molar-refractivity contribution in [3.05, 3.63) is 41.3 Å². The standard InChI is InChI=1S/C15H20N4/c1-10-7-12(8-11(2)16)9-17-15(10)19-6-5-14(18-19)13-3-4-13/h5-7,9,11,13H,3-4,8,16H2,1-2H3.